The molecule has 2 aliphatic rings. The third-order valence-corrected chi connectivity index (χ3v) is 4.82. The van der Waals surface area contributed by atoms with E-state index in [1.807, 2.05) is 29.2 Å². The maximum atomic E-state index is 13.0. The Hall–Kier alpha value is -1.88. The van der Waals surface area contributed by atoms with Crippen LogP contribution in [0.15, 0.2) is 24.3 Å². The second kappa shape index (κ2) is 6.71. The molecule has 124 valence electrons. The quantitative estimate of drug-likeness (QED) is 0.849. The zero-order valence-corrected chi connectivity index (χ0v) is 14.0. The Labute approximate surface area is 137 Å². The highest BCUT2D eigenvalue weighted by molar-refractivity contribution is 6.02. The fraction of sp³-hybridized carbons (Fsp3) is 0.556. The molecule has 2 heterocycles. The first-order valence-corrected chi connectivity index (χ1v) is 8.50. The van der Waals surface area contributed by atoms with Gasteiger partial charge in [0.2, 0.25) is 11.8 Å². The summed E-state index contributed by atoms with van der Waals surface area (Å²) >= 11 is 0. The average molecular weight is 315 g/mol. The molecule has 5 nitrogen and oxygen atoms in total. The Morgan fingerprint density at radius 1 is 1.13 bits per heavy atom. The standard InChI is InChI=1S/C18H25N3O2/c1-3-8-19-9-11-20(12-10-19)18(23)17-13-15-6-4-5-7-16(15)21(17)14(2)22/h4-7,17H,3,8-13H2,1-2H3/t17-/m1/s1. The lowest BCUT2D eigenvalue weighted by Crippen LogP contribution is -2.55. The lowest BCUT2D eigenvalue weighted by molar-refractivity contribution is -0.135. The molecule has 0 unspecified atom stereocenters. The molecule has 0 aromatic heterocycles. The Kier molecular flexibility index (Phi) is 4.66. The molecule has 0 N–H and O–H groups in total. The van der Waals surface area contributed by atoms with Crippen LogP contribution < -0.4 is 4.90 Å². The highest BCUT2D eigenvalue weighted by Crippen LogP contribution is 2.33. The van der Waals surface area contributed by atoms with Crippen LogP contribution in [0.25, 0.3) is 0 Å². The zero-order chi connectivity index (χ0) is 16.4. The number of hydrogen-bond acceptors (Lipinski definition) is 3. The largest absolute Gasteiger partial charge is 0.338 e. The van der Waals surface area contributed by atoms with E-state index in [4.69, 9.17) is 0 Å². The van der Waals surface area contributed by atoms with E-state index in [0.717, 1.165) is 50.4 Å². The number of carbonyl (C=O) groups excluding carboxylic acids is 2. The molecule has 1 saturated heterocycles. The van der Waals surface area contributed by atoms with Gasteiger partial charge in [-0.1, -0.05) is 25.1 Å². The van der Waals surface area contributed by atoms with Crippen LogP contribution in [0.3, 0.4) is 0 Å². The Morgan fingerprint density at radius 3 is 2.48 bits per heavy atom. The molecule has 0 saturated carbocycles. The molecule has 0 spiro atoms. The van der Waals surface area contributed by atoms with Gasteiger partial charge in [-0.25, -0.2) is 0 Å². The highest BCUT2D eigenvalue weighted by Gasteiger charge is 2.39. The second-order valence-corrected chi connectivity index (χ2v) is 6.40. The van der Waals surface area contributed by atoms with Gasteiger partial charge in [0.1, 0.15) is 6.04 Å². The van der Waals surface area contributed by atoms with Gasteiger partial charge in [-0.3, -0.25) is 19.4 Å². The number of rotatable bonds is 3. The van der Waals surface area contributed by atoms with Crippen molar-refractivity contribution in [3.05, 3.63) is 29.8 Å². The number of piperazine rings is 1. The van der Waals surface area contributed by atoms with Gasteiger partial charge in [0, 0.05) is 45.2 Å². The molecule has 2 amide bonds. The molecule has 3 rings (SSSR count). The molecule has 5 heteroatoms. The van der Waals surface area contributed by atoms with E-state index < -0.39 is 0 Å². The van der Waals surface area contributed by atoms with Gasteiger partial charge in [-0.15, -0.1) is 0 Å². The summed E-state index contributed by atoms with van der Waals surface area (Å²) < 4.78 is 0. The lowest BCUT2D eigenvalue weighted by atomic mass is 10.1. The molecule has 1 aromatic carbocycles. The molecule has 23 heavy (non-hydrogen) atoms. The lowest BCUT2D eigenvalue weighted by Gasteiger charge is -2.37. The normalized spacial score (nSPS) is 21.4. The van der Waals surface area contributed by atoms with Crippen LogP contribution in [0.4, 0.5) is 5.69 Å². The van der Waals surface area contributed by atoms with Crippen LogP contribution >= 0.6 is 0 Å². The summed E-state index contributed by atoms with van der Waals surface area (Å²) in [7, 11) is 0. The van der Waals surface area contributed by atoms with Crippen molar-refractivity contribution < 1.29 is 9.59 Å². The number of amides is 2. The smallest absolute Gasteiger partial charge is 0.246 e. The van der Waals surface area contributed by atoms with Crippen LogP contribution in [0, 0.1) is 0 Å². The SMILES string of the molecule is CCCN1CCN(C(=O)[C@H]2Cc3ccccc3N2C(C)=O)CC1. The monoisotopic (exact) mass is 315 g/mol. The van der Waals surface area contributed by atoms with Crippen molar-refractivity contribution in [2.45, 2.75) is 32.7 Å². The van der Waals surface area contributed by atoms with Crippen molar-refractivity contribution >= 4 is 17.5 Å². The summed E-state index contributed by atoms with van der Waals surface area (Å²) in [5.74, 6) is 0.0328. The number of benzene rings is 1. The number of carbonyl (C=O) groups is 2. The molecule has 1 atom stereocenters. The fourth-order valence-corrected chi connectivity index (χ4v) is 3.69. The minimum atomic E-state index is -0.373. The van der Waals surface area contributed by atoms with Gasteiger partial charge in [0.25, 0.3) is 0 Å². The van der Waals surface area contributed by atoms with Gasteiger partial charge in [-0.05, 0) is 24.6 Å². The van der Waals surface area contributed by atoms with E-state index in [-0.39, 0.29) is 17.9 Å². The van der Waals surface area contributed by atoms with Gasteiger partial charge >= 0.3 is 0 Å². The Bertz CT molecular complexity index is 594. The molecule has 0 bridgehead atoms. The number of para-hydroxylation sites is 1. The molecular formula is C18H25N3O2. The topological polar surface area (TPSA) is 43.9 Å². The molecule has 2 aliphatic heterocycles. The van der Waals surface area contributed by atoms with E-state index in [1.165, 1.54) is 0 Å². The predicted molar refractivity (Wildman–Crippen MR) is 90.4 cm³/mol. The first kappa shape index (κ1) is 16.0. The summed E-state index contributed by atoms with van der Waals surface area (Å²) in [6.07, 6.45) is 1.77. The van der Waals surface area contributed by atoms with Crippen LogP contribution in [0.1, 0.15) is 25.8 Å². The number of fused-ring (bicyclic) bond motifs is 1. The summed E-state index contributed by atoms with van der Waals surface area (Å²) in [6.45, 7) is 8.20. The molecule has 1 fully saturated rings. The number of anilines is 1. The van der Waals surface area contributed by atoms with E-state index in [0.29, 0.717) is 6.42 Å². The summed E-state index contributed by atoms with van der Waals surface area (Å²) in [4.78, 5) is 31.1. The minimum Gasteiger partial charge on any atom is -0.338 e. The average Bonchev–Trinajstić information content (AvgIpc) is 2.95. The first-order chi connectivity index (χ1) is 11.1. The van der Waals surface area contributed by atoms with Crippen molar-refractivity contribution in [2.24, 2.45) is 0 Å². The van der Waals surface area contributed by atoms with Crippen molar-refractivity contribution in [1.82, 2.24) is 9.80 Å². The van der Waals surface area contributed by atoms with Crippen molar-refractivity contribution in [2.75, 3.05) is 37.6 Å². The van der Waals surface area contributed by atoms with Gasteiger partial charge < -0.3 is 4.90 Å². The number of nitrogens with zero attached hydrogens (tertiary/aromatic N) is 3. The number of hydrogen-bond donors (Lipinski definition) is 0. The Morgan fingerprint density at radius 2 is 1.83 bits per heavy atom. The second-order valence-electron chi connectivity index (χ2n) is 6.40. The van der Waals surface area contributed by atoms with Crippen molar-refractivity contribution in [1.29, 1.82) is 0 Å². The highest BCUT2D eigenvalue weighted by atomic mass is 16.2. The van der Waals surface area contributed by atoms with Crippen molar-refractivity contribution in [3.8, 4) is 0 Å². The summed E-state index contributed by atoms with van der Waals surface area (Å²) in [5.41, 5.74) is 1.98. The van der Waals surface area contributed by atoms with E-state index in [1.54, 1.807) is 11.8 Å². The van der Waals surface area contributed by atoms with Gasteiger partial charge in [0.05, 0.1) is 0 Å². The summed E-state index contributed by atoms with van der Waals surface area (Å²) in [6, 6.07) is 7.46. The van der Waals surface area contributed by atoms with E-state index in [2.05, 4.69) is 11.8 Å². The third-order valence-electron chi connectivity index (χ3n) is 4.82. The molecule has 1 aromatic rings. The van der Waals surface area contributed by atoms with Crippen LogP contribution in [0.5, 0.6) is 0 Å². The third kappa shape index (κ3) is 3.11. The van der Waals surface area contributed by atoms with Crippen LogP contribution in [-0.4, -0.2) is 60.4 Å². The molecule has 0 aliphatic carbocycles. The molecule has 0 radical (unpaired) electrons. The van der Waals surface area contributed by atoms with E-state index >= 15 is 0 Å². The van der Waals surface area contributed by atoms with Crippen LogP contribution in [-0.2, 0) is 16.0 Å². The van der Waals surface area contributed by atoms with Gasteiger partial charge in [0.15, 0.2) is 0 Å². The Balaban J connectivity index is 1.72. The van der Waals surface area contributed by atoms with Crippen LogP contribution in [0.2, 0.25) is 0 Å². The molecular weight excluding hydrogens is 290 g/mol. The maximum absolute atomic E-state index is 13.0. The van der Waals surface area contributed by atoms with Crippen molar-refractivity contribution in [3.63, 3.8) is 0 Å². The van der Waals surface area contributed by atoms with E-state index in [9.17, 15) is 9.59 Å². The first-order valence-electron chi connectivity index (χ1n) is 8.50. The van der Waals surface area contributed by atoms with Gasteiger partial charge in [-0.2, -0.15) is 0 Å². The minimum absolute atomic E-state index is 0.0575. The zero-order valence-electron chi connectivity index (χ0n) is 14.0. The fourth-order valence-electron chi connectivity index (χ4n) is 3.69. The predicted octanol–water partition coefficient (Wildman–Crippen LogP) is 1.52. The summed E-state index contributed by atoms with van der Waals surface area (Å²) in [5, 5.41) is 0. The maximum Gasteiger partial charge on any atom is 0.246 e.